The molecule has 3 aromatic rings. The molecule has 5 heteroatoms. The Morgan fingerprint density at radius 1 is 1.32 bits per heavy atom. The molecule has 0 fully saturated rings. The summed E-state index contributed by atoms with van der Waals surface area (Å²) in [5.74, 6) is -0.289. The Bertz CT molecular complexity index is 787. The monoisotopic (exact) mass is 257 g/mol. The van der Waals surface area contributed by atoms with Crippen molar-refractivity contribution in [2.24, 2.45) is 0 Å². The zero-order chi connectivity index (χ0) is 13.4. The summed E-state index contributed by atoms with van der Waals surface area (Å²) in [7, 11) is 0. The predicted octanol–water partition coefficient (Wildman–Crippen LogP) is 2.39. The summed E-state index contributed by atoms with van der Waals surface area (Å²) in [4.78, 5) is 16.3. The normalized spacial score (nSPS) is 11.1. The lowest BCUT2D eigenvalue weighted by Crippen LogP contribution is -2.15. The Hall–Kier alpha value is -2.43. The summed E-state index contributed by atoms with van der Waals surface area (Å²) >= 11 is 0. The van der Waals surface area contributed by atoms with Crippen molar-refractivity contribution in [1.82, 2.24) is 14.6 Å². The topological polar surface area (TPSA) is 50.2 Å². The van der Waals surface area contributed by atoms with Crippen LogP contribution in [-0.2, 0) is 6.42 Å². The van der Waals surface area contributed by atoms with Gasteiger partial charge in [0, 0.05) is 23.5 Å². The Balaban J connectivity index is 2.27. The third-order valence-electron chi connectivity index (χ3n) is 3.07. The van der Waals surface area contributed by atoms with Gasteiger partial charge in [-0.2, -0.15) is 0 Å². The van der Waals surface area contributed by atoms with Crippen LogP contribution >= 0.6 is 0 Å². The average molecular weight is 257 g/mol. The molecule has 19 heavy (non-hydrogen) atoms. The highest BCUT2D eigenvalue weighted by Gasteiger charge is 2.10. The number of nitrogens with one attached hydrogen (secondary N) is 1. The first-order valence-electron chi connectivity index (χ1n) is 6.05. The number of H-pyrrole nitrogens is 1. The molecule has 0 aliphatic rings. The van der Waals surface area contributed by atoms with Gasteiger partial charge < -0.3 is 0 Å². The predicted molar refractivity (Wildman–Crippen MR) is 70.6 cm³/mol. The van der Waals surface area contributed by atoms with E-state index in [0.717, 1.165) is 16.8 Å². The maximum Gasteiger partial charge on any atom is 0.272 e. The van der Waals surface area contributed by atoms with Crippen LogP contribution in [0.2, 0.25) is 0 Å². The fraction of sp³-hybridized carbons (Fsp3) is 0.143. The van der Waals surface area contributed by atoms with Crippen molar-refractivity contribution in [2.45, 2.75) is 13.3 Å². The zero-order valence-electron chi connectivity index (χ0n) is 10.4. The quantitative estimate of drug-likeness (QED) is 0.766. The molecular weight excluding hydrogens is 245 g/mol. The summed E-state index contributed by atoms with van der Waals surface area (Å²) < 4.78 is 14.3. The molecule has 2 heterocycles. The van der Waals surface area contributed by atoms with Crippen molar-refractivity contribution >= 4 is 5.65 Å². The zero-order valence-corrected chi connectivity index (χ0v) is 10.4. The molecule has 1 aromatic carbocycles. The average Bonchev–Trinajstić information content (AvgIpc) is 2.84. The van der Waals surface area contributed by atoms with Crippen LogP contribution in [-0.4, -0.2) is 14.6 Å². The fourth-order valence-corrected chi connectivity index (χ4v) is 2.05. The molecule has 0 aliphatic heterocycles. The standard InChI is InChI=1S/C14H12FN3O/c1-2-11-7-13(19)18-14(17-11)12(8-16-18)9-3-5-10(15)6-4-9/h3-8,16H,2H2,1H3. The number of nitrogens with zero attached hydrogens (tertiary/aromatic N) is 2. The van der Waals surface area contributed by atoms with E-state index in [1.807, 2.05) is 6.92 Å². The van der Waals surface area contributed by atoms with Gasteiger partial charge in [-0.25, -0.2) is 13.9 Å². The summed E-state index contributed by atoms with van der Waals surface area (Å²) in [6, 6.07) is 7.63. The maximum absolute atomic E-state index is 12.9. The van der Waals surface area contributed by atoms with Crippen molar-refractivity contribution in [1.29, 1.82) is 0 Å². The minimum Gasteiger partial charge on any atom is -0.296 e. The lowest BCUT2D eigenvalue weighted by atomic mass is 10.1. The Labute approximate surface area is 108 Å². The van der Waals surface area contributed by atoms with Crippen molar-refractivity contribution in [3.8, 4) is 11.1 Å². The van der Waals surface area contributed by atoms with Crippen LogP contribution in [0, 0.1) is 5.82 Å². The van der Waals surface area contributed by atoms with E-state index in [0.29, 0.717) is 12.1 Å². The summed E-state index contributed by atoms with van der Waals surface area (Å²) in [5, 5.41) is 2.87. The minimum absolute atomic E-state index is 0.143. The van der Waals surface area contributed by atoms with Crippen LogP contribution in [0.15, 0.2) is 41.3 Å². The number of fused-ring (bicyclic) bond motifs is 1. The molecule has 3 rings (SSSR count). The highest BCUT2D eigenvalue weighted by Crippen LogP contribution is 2.22. The van der Waals surface area contributed by atoms with Gasteiger partial charge in [0.05, 0.1) is 0 Å². The fourth-order valence-electron chi connectivity index (χ4n) is 2.05. The van der Waals surface area contributed by atoms with Crippen molar-refractivity contribution < 1.29 is 4.39 Å². The van der Waals surface area contributed by atoms with Crippen LogP contribution in [0.25, 0.3) is 16.8 Å². The van der Waals surface area contributed by atoms with Gasteiger partial charge in [0.1, 0.15) is 5.82 Å². The molecular formula is C14H12FN3O. The number of hydrogen-bond acceptors (Lipinski definition) is 2. The van der Waals surface area contributed by atoms with Crippen molar-refractivity contribution in [2.75, 3.05) is 0 Å². The molecule has 0 saturated heterocycles. The van der Waals surface area contributed by atoms with Gasteiger partial charge in [-0.05, 0) is 24.1 Å². The number of hydrogen-bond donors (Lipinski definition) is 1. The van der Waals surface area contributed by atoms with E-state index in [-0.39, 0.29) is 11.4 Å². The van der Waals surface area contributed by atoms with Crippen LogP contribution < -0.4 is 5.56 Å². The van der Waals surface area contributed by atoms with Gasteiger partial charge in [-0.3, -0.25) is 9.89 Å². The van der Waals surface area contributed by atoms with Gasteiger partial charge in [0.15, 0.2) is 5.65 Å². The van der Waals surface area contributed by atoms with Gasteiger partial charge in [0.25, 0.3) is 5.56 Å². The number of halogens is 1. The van der Waals surface area contributed by atoms with Crippen molar-refractivity contribution in [3.63, 3.8) is 0 Å². The SMILES string of the molecule is CCc1cc(=O)n2[nH]cc(-c3ccc(F)cc3)c2n1. The molecule has 0 spiro atoms. The molecule has 1 N–H and O–H groups in total. The largest absolute Gasteiger partial charge is 0.296 e. The first-order valence-corrected chi connectivity index (χ1v) is 6.05. The number of benzene rings is 1. The molecule has 96 valence electrons. The van der Waals surface area contributed by atoms with Gasteiger partial charge in [-0.1, -0.05) is 19.1 Å². The first-order chi connectivity index (χ1) is 9.19. The van der Waals surface area contributed by atoms with E-state index < -0.39 is 0 Å². The van der Waals surface area contributed by atoms with Crippen molar-refractivity contribution in [3.05, 3.63) is 58.4 Å². The lowest BCUT2D eigenvalue weighted by Gasteiger charge is -2.00. The summed E-state index contributed by atoms with van der Waals surface area (Å²) in [6.07, 6.45) is 2.40. The second-order valence-electron chi connectivity index (χ2n) is 4.29. The van der Waals surface area contributed by atoms with E-state index in [1.54, 1.807) is 18.3 Å². The summed E-state index contributed by atoms with van der Waals surface area (Å²) in [5.41, 5.74) is 2.77. The van der Waals surface area contributed by atoms with Gasteiger partial charge in [0.2, 0.25) is 0 Å². The Kier molecular flexibility index (Phi) is 2.67. The van der Waals surface area contributed by atoms with Crippen LogP contribution in [0.3, 0.4) is 0 Å². The highest BCUT2D eigenvalue weighted by molar-refractivity contribution is 5.76. The molecule has 0 aliphatic carbocycles. The van der Waals surface area contributed by atoms with E-state index in [2.05, 4.69) is 10.1 Å². The first kappa shape index (κ1) is 11.6. The van der Waals surface area contributed by atoms with Crippen LogP contribution in [0.4, 0.5) is 4.39 Å². The highest BCUT2D eigenvalue weighted by atomic mass is 19.1. The molecule has 0 amide bonds. The molecule has 0 atom stereocenters. The molecule has 0 unspecified atom stereocenters. The molecule has 0 bridgehead atoms. The second kappa shape index (κ2) is 4.35. The Morgan fingerprint density at radius 2 is 2.05 bits per heavy atom. The third kappa shape index (κ3) is 1.93. The van der Waals surface area contributed by atoms with E-state index in [9.17, 15) is 9.18 Å². The minimum atomic E-state index is -0.289. The van der Waals surface area contributed by atoms with E-state index >= 15 is 0 Å². The number of aromatic amines is 1. The smallest absolute Gasteiger partial charge is 0.272 e. The second-order valence-corrected chi connectivity index (χ2v) is 4.29. The molecule has 2 aromatic heterocycles. The van der Waals surface area contributed by atoms with Crippen LogP contribution in [0.5, 0.6) is 0 Å². The van der Waals surface area contributed by atoms with Crippen LogP contribution in [0.1, 0.15) is 12.6 Å². The Morgan fingerprint density at radius 3 is 2.74 bits per heavy atom. The molecule has 4 nitrogen and oxygen atoms in total. The van der Waals surface area contributed by atoms with E-state index in [4.69, 9.17) is 0 Å². The lowest BCUT2D eigenvalue weighted by molar-refractivity contribution is 0.628. The summed E-state index contributed by atoms with van der Waals surface area (Å²) in [6.45, 7) is 1.95. The number of aromatic nitrogens is 3. The maximum atomic E-state index is 12.9. The van der Waals surface area contributed by atoms with E-state index in [1.165, 1.54) is 22.7 Å². The number of aryl methyl sites for hydroxylation is 1. The molecule has 0 saturated carbocycles. The molecule has 0 radical (unpaired) electrons. The van der Waals surface area contributed by atoms with Gasteiger partial charge >= 0.3 is 0 Å². The van der Waals surface area contributed by atoms with Gasteiger partial charge in [-0.15, -0.1) is 0 Å². The number of rotatable bonds is 2. The third-order valence-corrected chi connectivity index (χ3v) is 3.07.